The minimum absolute atomic E-state index is 0.0439. The van der Waals surface area contributed by atoms with Crippen LogP contribution in [0.5, 0.6) is 0 Å². The van der Waals surface area contributed by atoms with Gasteiger partial charge < -0.3 is 9.88 Å². The van der Waals surface area contributed by atoms with Crippen LogP contribution in [0.3, 0.4) is 0 Å². The molecular formula is C24H32N4O3S. The molecule has 3 rings (SSSR count). The Morgan fingerprint density at radius 2 is 1.84 bits per heavy atom. The van der Waals surface area contributed by atoms with Gasteiger partial charge in [0.05, 0.1) is 22.0 Å². The molecule has 1 atom stereocenters. The quantitative estimate of drug-likeness (QED) is 0.532. The number of rotatable bonds is 9. The fraction of sp³-hybridized carbons (Fsp3) is 0.417. The van der Waals surface area contributed by atoms with Crippen LogP contribution in [0.15, 0.2) is 47.4 Å². The van der Waals surface area contributed by atoms with Gasteiger partial charge in [0.2, 0.25) is 15.9 Å². The van der Waals surface area contributed by atoms with E-state index in [4.69, 9.17) is 0 Å². The van der Waals surface area contributed by atoms with E-state index in [2.05, 4.69) is 10.3 Å². The number of hydrogen-bond donors (Lipinski definition) is 1. The molecule has 0 saturated heterocycles. The van der Waals surface area contributed by atoms with Crippen molar-refractivity contribution >= 4 is 27.0 Å². The smallest absolute Gasteiger partial charge is 0.243 e. The molecule has 0 bridgehead atoms. The SMILES string of the molecule is CCN(CC)S(=O)(=O)c1ccc2c(c1)nc(CCC(=O)NC(C)c1ccccc1C)n2C. The Morgan fingerprint density at radius 1 is 1.16 bits per heavy atom. The Bertz CT molecular complexity index is 1210. The number of nitrogens with zero attached hydrogens (tertiary/aromatic N) is 3. The molecule has 0 radical (unpaired) electrons. The van der Waals surface area contributed by atoms with E-state index in [-0.39, 0.29) is 16.8 Å². The molecular weight excluding hydrogens is 424 g/mol. The van der Waals surface area contributed by atoms with Crippen molar-refractivity contribution in [2.45, 2.75) is 51.5 Å². The second-order valence-electron chi connectivity index (χ2n) is 7.97. The first-order chi connectivity index (χ1) is 15.2. The molecule has 0 fully saturated rings. The van der Waals surface area contributed by atoms with Crippen molar-refractivity contribution in [3.8, 4) is 0 Å². The topological polar surface area (TPSA) is 84.3 Å². The second-order valence-corrected chi connectivity index (χ2v) is 9.91. The molecule has 3 aromatic rings. The summed E-state index contributed by atoms with van der Waals surface area (Å²) in [7, 11) is -1.66. The second kappa shape index (κ2) is 9.83. The zero-order valence-electron chi connectivity index (χ0n) is 19.4. The monoisotopic (exact) mass is 456 g/mol. The number of carbonyl (C=O) groups is 1. The zero-order valence-corrected chi connectivity index (χ0v) is 20.2. The predicted octanol–water partition coefficient (Wildman–Crippen LogP) is 3.72. The summed E-state index contributed by atoms with van der Waals surface area (Å²) in [5.74, 6) is 0.702. The van der Waals surface area contributed by atoms with Crippen molar-refractivity contribution in [1.29, 1.82) is 0 Å². The Labute approximate surface area is 190 Å². The molecule has 0 aliphatic carbocycles. The van der Waals surface area contributed by atoms with Crippen molar-refractivity contribution in [3.05, 3.63) is 59.4 Å². The van der Waals surface area contributed by atoms with Crippen molar-refractivity contribution in [2.24, 2.45) is 7.05 Å². The van der Waals surface area contributed by atoms with Crippen molar-refractivity contribution in [1.82, 2.24) is 19.2 Å². The van der Waals surface area contributed by atoms with Crippen LogP contribution in [0.2, 0.25) is 0 Å². The van der Waals surface area contributed by atoms with Gasteiger partial charge in [-0.1, -0.05) is 38.1 Å². The summed E-state index contributed by atoms with van der Waals surface area (Å²) in [6.07, 6.45) is 0.771. The van der Waals surface area contributed by atoms with Gasteiger partial charge in [0.15, 0.2) is 0 Å². The standard InChI is InChI=1S/C24H32N4O3S/c1-6-28(7-2)32(30,31)19-12-13-22-21(16-19)26-23(27(22)5)14-15-24(29)25-18(4)20-11-9-8-10-17(20)3/h8-13,16,18H,6-7,14-15H2,1-5H3,(H,25,29). The van der Waals surface area contributed by atoms with Gasteiger partial charge in [-0.3, -0.25) is 4.79 Å². The molecule has 1 heterocycles. The summed E-state index contributed by atoms with van der Waals surface area (Å²) in [5.41, 5.74) is 3.70. The number of fused-ring (bicyclic) bond motifs is 1. The lowest BCUT2D eigenvalue weighted by Crippen LogP contribution is -2.30. The normalized spacial score (nSPS) is 12.9. The summed E-state index contributed by atoms with van der Waals surface area (Å²) in [6.45, 7) is 8.49. The molecule has 0 saturated carbocycles. The van der Waals surface area contributed by atoms with E-state index < -0.39 is 10.0 Å². The van der Waals surface area contributed by atoms with Gasteiger partial charge in [-0.25, -0.2) is 13.4 Å². The Morgan fingerprint density at radius 3 is 2.50 bits per heavy atom. The summed E-state index contributed by atoms with van der Waals surface area (Å²) in [6, 6.07) is 13.0. The number of aromatic nitrogens is 2. The third kappa shape index (κ3) is 4.86. The van der Waals surface area contributed by atoms with Gasteiger partial charge in [-0.05, 0) is 43.2 Å². The predicted molar refractivity (Wildman–Crippen MR) is 127 cm³/mol. The highest BCUT2D eigenvalue weighted by atomic mass is 32.2. The molecule has 172 valence electrons. The molecule has 2 aromatic carbocycles. The minimum atomic E-state index is -3.55. The highest BCUT2D eigenvalue weighted by Gasteiger charge is 2.23. The molecule has 0 spiro atoms. The molecule has 1 aromatic heterocycles. The van der Waals surface area contributed by atoms with E-state index in [0.29, 0.717) is 31.4 Å². The lowest BCUT2D eigenvalue weighted by Gasteiger charge is -2.18. The maximum absolute atomic E-state index is 12.8. The van der Waals surface area contributed by atoms with Crippen LogP contribution in [0.1, 0.15) is 50.2 Å². The number of sulfonamides is 1. The minimum Gasteiger partial charge on any atom is -0.350 e. The Kier molecular flexibility index (Phi) is 7.36. The van der Waals surface area contributed by atoms with Crippen LogP contribution in [0, 0.1) is 6.92 Å². The van der Waals surface area contributed by atoms with Gasteiger partial charge in [-0.2, -0.15) is 4.31 Å². The third-order valence-electron chi connectivity index (χ3n) is 5.90. The molecule has 1 N–H and O–H groups in total. The number of nitrogens with one attached hydrogen (secondary N) is 1. The van der Waals surface area contributed by atoms with Crippen LogP contribution in [0.25, 0.3) is 11.0 Å². The molecule has 0 aliphatic heterocycles. The zero-order chi connectivity index (χ0) is 23.5. The van der Waals surface area contributed by atoms with Gasteiger partial charge in [0, 0.05) is 33.0 Å². The fourth-order valence-electron chi connectivity index (χ4n) is 4.02. The maximum atomic E-state index is 12.8. The van der Waals surface area contributed by atoms with Crippen LogP contribution in [0.4, 0.5) is 0 Å². The van der Waals surface area contributed by atoms with E-state index >= 15 is 0 Å². The third-order valence-corrected chi connectivity index (χ3v) is 7.94. The summed E-state index contributed by atoms with van der Waals surface area (Å²) < 4.78 is 29.0. The van der Waals surface area contributed by atoms with Crippen molar-refractivity contribution < 1.29 is 13.2 Å². The lowest BCUT2D eigenvalue weighted by atomic mass is 10.0. The van der Waals surface area contributed by atoms with E-state index in [0.717, 1.165) is 22.5 Å². The first kappa shape index (κ1) is 23.9. The van der Waals surface area contributed by atoms with Crippen LogP contribution >= 0.6 is 0 Å². The summed E-state index contributed by atoms with van der Waals surface area (Å²) >= 11 is 0. The maximum Gasteiger partial charge on any atom is 0.243 e. The lowest BCUT2D eigenvalue weighted by molar-refractivity contribution is -0.121. The number of aryl methyl sites for hydroxylation is 3. The summed E-state index contributed by atoms with van der Waals surface area (Å²) in [4.78, 5) is 17.4. The Hall–Kier alpha value is -2.71. The first-order valence-electron chi connectivity index (χ1n) is 11.0. The molecule has 7 nitrogen and oxygen atoms in total. The van der Waals surface area contributed by atoms with Crippen LogP contribution in [-0.2, 0) is 28.3 Å². The number of benzene rings is 2. The molecule has 1 amide bonds. The van der Waals surface area contributed by atoms with Gasteiger partial charge in [0.25, 0.3) is 0 Å². The van der Waals surface area contributed by atoms with E-state index in [1.807, 2.05) is 63.6 Å². The van der Waals surface area contributed by atoms with E-state index in [1.165, 1.54) is 4.31 Å². The Balaban J connectivity index is 1.73. The van der Waals surface area contributed by atoms with Crippen LogP contribution < -0.4 is 5.32 Å². The van der Waals surface area contributed by atoms with Crippen molar-refractivity contribution in [3.63, 3.8) is 0 Å². The van der Waals surface area contributed by atoms with Crippen LogP contribution in [-0.4, -0.2) is 41.3 Å². The summed E-state index contributed by atoms with van der Waals surface area (Å²) in [5, 5.41) is 3.05. The number of amides is 1. The van der Waals surface area contributed by atoms with Crippen molar-refractivity contribution in [2.75, 3.05) is 13.1 Å². The fourth-order valence-corrected chi connectivity index (χ4v) is 5.49. The molecule has 8 heteroatoms. The average molecular weight is 457 g/mol. The number of hydrogen-bond acceptors (Lipinski definition) is 4. The molecule has 0 aliphatic rings. The van der Waals surface area contributed by atoms with Gasteiger partial charge in [-0.15, -0.1) is 0 Å². The van der Waals surface area contributed by atoms with Gasteiger partial charge >= 0.3 is 0 Å². The largest absolute Gasteiger partial charge is 0.350 e. The molecule has 32 heavy (non-hydrogen) atoms. The number of carbonyl (C=O) groups excluding carboxylic acids is 1. The highest BCUT2D eigenvalue weighted by molar-refractivity contribution is 7.89. The first-order valence-corrected chi connectivity index (χ1v) is 12.4. The van der Waals surface area contributed by atoms with Gasteiger partial charge in [0.1, 0.15) is 5.82 Å². The molecule has 1 unspecified atom stereocenters. The highest BCUT2D eigenvalue weighted by Crippen LogP contribution is 2.23. The van der Waals surface area contributed by atoms with E-state index in [1.54, 1.807) is 18.2 Å². The number of imidazole rings is 1. The average Bonchev–Trinajstić information content (AvgIpc) is 3.08. The van der Waals surface area contributed by atoms with E-state index in [9.17, 15) is 13.2 Å².